The molecule has 1 fully saturated rings. The summed E-state index contributed by atoms with van der Waals surface area (Å²) in [4.78, 5) is 12.0. The predicted molar refractivity (Wildman–Crippen MR) is 65.0 cm³/mol. The second-order valence-electron chi connectivity index (χ2n) is 6.14. The van der Waals surface area contributed by atoms with E-state index in [2.05, 4.69) is 20.8 Å². The number of hydrogen-bond acceptors (Lipinski definition) is 3. The smallest absolute Gasteiger partial charge is 0.313 e. The van der Waals surface area contributed by atoms with E-state index in [1.165, 1.54) is 0 Å². The van der Waals surface area contributed by atoms with Gasteiger partial charge in [-0.25, -0.2) is 0 Å². The van der Waals surface area contributed by atoms with Crippen LogP contribution in [0.1, 0.15) is 52.9 Å². The lowest BCUT2D eigenvalue weighted by Gasteiger charge is -2.25. The molecule has 0 unspecified atom stereocenters. The average Bonchev–Trinajstić information content (AvgIpc) is 2.65. The van der Waals surface area contributed by atoms with Crippen molar-refractivity contribution in [3.63, 3.8) is 0 Å². The lowest BCUT2D eigenvalue weighted by Crippen LogP contribution is -2.37. The van der Waals surface area contributed by atoms with Crippen molar-refractivity contribution in [2.45, 2.75) is 52.9 Å². The number of nitrogens with two attached hydrogens (primary N) is 1. The number of rotatable bonds is 4. The minimum atomic E-state index is -0.363. The standard InChI is InChI=1S/C13H25NO2/c1-12(2,3)8-9-16-11(15)13(10-14)6-4-5-7-13/h4-10,14H2,1-3H3. The summed E-state index contributed by atoms with van der Waals surface area (Å²) < 4.78 is 5.38. The van der Waals surface area contributed by atoms with Crippen LogP contribution < -0.4 is 5.73 Å². The highest BCUT2D eigenvalue weighted by Crippen LogP contribution is 2.38. The molecule has 0 aliphatic heterocycles. The molecule has 0 spiro atoms. The summed E-state index contributed by atoms with van der Waals surface area (Å²) in [6.45, 7) is 7.39. The van der Waals surface area contributed by atoms with Crippen LogP contribution in [-0.2, 0) is 9.53 Å². The van der Waals surface area contributed by atoms with E-state index in [4.69, 9.17) is 10.5 Å². The molecular formula is C13H25NO2. The minimum Gasteiger partial charge on any atom is -0.465 e. The van der Waals surface area contributed by atoms with Crippen LogP contribution in [0.4, 0.5) is 0 Å². The quantitative estimate of drug-likeness (QED) is 0.751. The van der Waals surface area contributed by atoms with Crippen molar-refractivity contribution in [3.8, 4) is 0 Å². The SMILES string of the molecule is CC(C)(C)CCOC(=O)C1(CN)CCCC1. The Morgan fingerprint density at radius 3 is 2.31 bits per heavy atom. The molecule has 1 aliphatic rings. The summed E-state index contributed by atoms with van der Waals surface area (Å²) in [5.41, 5.74) is 5.58. The zero-order valence-corrected chi connectivity index (χ0v) is 10.8. The van der Waals surface area contributed by atoms with Crippen LogP contribution in [-0.4, -0.2) is 19.1 Å². The van der Waals surface area contributed by atoms with E-state index in [-0.39, 0.29) is 16.8 Å². The van der Waals surface area contributed by atoms with Crippen molar-refractivity contribution >= 4 is 5.97 Å². The van der Waals surface area contributed by atoms with Gasteiger partial charge in [0.25, 0.3) is 0 Å². The number of carbonyl (C=O) groups excluding carboxylic acids is 1. The van der Waals surface area contributed by atoms with Crippen molar-refractivity contribution in [1.29, 1.82) is 0 Å². The van der Waals surface area contributed by atoms with Gasteiger partial charge in [0.1, 0.15) is 0 Å². The molecule has 0 aromatic heterocycles. The van der Waals surface area contributed by atoms with Crippen molar-refractivity contribution in [2.75, 3.05) is 13.2 Å². The largest absolute Gasteiger partial charge is 0.465 e. The van der Waals surface area contributed by atoms with E-state index >= 15 is 0 Å². The fraction of sp³-hybridized carbons (Fsp3) is 0.923. The molecule has 0 atom stereocenters. The molecule has 0 bridgehead atoms. The van der Waals surface area contributed by atoms with Gasteiger partial charge in [0, 0.05) is 6.54 Å². The second-order valence-corrected chi connectivity index (χ2v) is 6.14. The van der Waals surface area contributed by atoms with Gasteiger partial charge in [0.15, 0.2) is 0 Å². The summed E-state index contributed by atoms with van der Waals surface area (Å²) in [5, 5.41) is 0. The third-order valence-corrected chi connectivity index (χ3v) is 3.47. The molecule has 0 amide bonds. The number of ether oxygens (including phenoxy) is 1. The number of hydrogen-bond donors (Lipinski definition) is 1. The Labute approximate surface area is 98.7 Å². The highest BCUT2D eigenvalue weighted by atomic mass is 16.5. The lowest BCUT2D eigenvalue weighted by molar-refractivity contribution is -0.155. The molecule has 94 valence electrons. The fourth-order valence-electron chi connectivity index (χ4n) is 2.15. The minimum absolute atomic E-state index is 0.0725. The maximum Gasteiger partial charge on any atom is 0.313 e. The summed E-state index contributed by atoms with van der Waals surface area (Å²) in [6.07, 6.45) is 4.91. The molecule has 16 heavy (non-hydrogen) atoms. The van der Waals surface area contributed by atoms with Gasteiger partial charge in [-0.15, -0.1) is 0 Å². The summed E-state index contributed by atoms with van der Waals surface area (Å²) in [5.74, 6) is -0.0725. The highest BCUT2D eigenvalue weighted by molar-refractivity contribution is 5.77. The van der Waals surface area contributed by atoms with Gasteiger partial charge in [0.2, 0.25) is 0 Å². The van der Waals surface area contributed by atoms with Crippen LogP contribution in [0.3, 0.4) is 0 Å². The summed E-state index contributed by atoms with van der Waals surface area (Å²) in [6, 6.07) is 0. The van der Waals surface area contributed by atoms with Crippen LogP contribution in [0.2, 0.25) is 0 Å². The van der Waals surface area contributed by atoms with Gasteiger partial charge >= 0.3 is 5.97 Å². The molecule has 1 rings (SSSR count). The molecule has 3 heteroatoms. The normalized spacial score (nSPS) is 19.8. The first kappa shape index (κ1) is 13.5. The second kappa shape index (κ2) is 5.17. The van der Waals surface area contributed by atoms with E-state index in [9.17, 15) is 4.79 Å². The van der Waals surface area contributed by atoms with E-state index in [0.29, 0.717) is 13.2 Å². The van der Waals surface area contributed by atoms with Crippen LogP contribution in [0.25, 0.3) is 0 Å². The van der Waals surface area contributed by atoms with E-state index in [0.717, 1.165) is 32.1 Å². The Kier molecular flexibility index (Phi) is 4.36. The maximum absolute atomic E-state index is 12.0. The first-order valence-corrected chi connectivity index (χ1v) is 6.27. The lowest BCUT2D eigenvalue weighted by atomic mass is 9.86. The Hall–Kier alpha value is -0.570. The van der Waals surface area contributed by atoms with E-state index in [1.807, 2.05) is 0 Å². The third kappa shape index (κ3) is 3.48. The zero-order valence-electron chi connectivity index (χ0n) is 10.8. The number of esters is 1. The van der Waals surface area contributed by atoms with Gasteiger partial charge in [0.05, 0.1) is 12.0 Å². The topological polar surface area (TPSA) is 52.3 Å². The monoisotopic (exact) mass is 227 g/mol. The third-order valence-electron chi connectivity index (χ3n) is 3.47. The molecule has 0 saturated heterocycles. The summed E-state index contributed by atoms with van der Waals surface area (Å²) >= 11 is 0. The molecule has 0 heterocycles. The van der Waals surface area contributed by atoms with Gasteiger partial charge < -0.3 is 10.5 Å². The Balaban J connectivity index is 2.39. The maximum atomic E-state index is 12.0. The fourth-order valence-corrected chi connectivity index (χ4v) is 2.15. The first-order chi connectivity index (χ1) is 7.40. The Morgan fingerprint density at radius 1 is 1.31 bits per heavy atom. The van der Waals surface area contributed by atoms with Gasteiger partial charge in [-0.1, -0.05) is 33.6 Å². The van der Waals surface area contributed by atoms with E-state index < -0.39 is 0 Å². The van der Waals surface area contributed by atoms with Crippen LogP contribution in [0.5, 0.6) is 0 Å². The van der Waals surface area contributed by atoms with Crippen molar-refractivity contribution in [1.82, 2.24) is 0 Å². The van der Waals surface area contributed by atoms with Gasteiger partial charge in [-0.2, -0.15) is 0 Å². The van der Waals surface area contributed by atoms with Crippen molar-refractivity contribution in [2.24, 2.45) is 16.6 Å². The molecular weight excluding hydrogens is 202 g/mol. The molecule has 0 aromatic carbocycles. The van der Waals surface area contributed by atoms with Crippen LogP contribution in [0, 0.1) is 10.8 Å². The van der Waals surface area contributed by atoms with Crippen LogP contribution >= 0.6 is 0 Å². The van der Waals surface area contributed by atoms with Crippen LogP contribution in [0.15, 0.2) is 0 Å². The van der Waals surface area contributed by atoms with Gasteiger partial charge in [-0.3, -0.25) is 4.79 Å². The predicted octanol–water partition coefficient (Wildman–Crippen LogP) is 2.48. The molecule has 2 N–H and O–H groups in total. The summed E-state index contributed by atoms with van der Waals surface area (Å²) in [7, 11) is 0. The molecule has 1 saturated carbocycles. The number of carbonyl (C=O) groups is 1. The van der Waals surface area contributed by atoms with Gasteiger partial charge in [-0.05, 0) is 24.7 Å². The average molecular weight is 227 g/mol. The Bertz CT molecular complexity index is 237. The first-order valence-electron chi connectivity index (χ1n) is 6.27. The zero-order chi connectivity index (χ0) is 12.2. The Morgan fingerprint density at radius 2 is 1.88 bits per heavy atom. The highest BCUT2D eigenvalue weighted by Gasteiger charge is 2.41. The molecule has 0 aromatic rings. The van der Waals surface area contributed by atoms with Crippen molar-refractivity contribution < 1.29 is 9.53 Å². The van der Waals surface area contributed by atoms with Crippen molar-refractivity contribution in [3.05, 3.63) is 0 Å². The van der Waals surface area contributed by atoms with E-state index in [1.54, 1.807) is 0 Å². The molecule has 0 radical (unpaired) electrons. The molecule has 1 aliphatic carbocycles. The molecule has 3 nitrogen and oxygen atoms in total.